The molecule has 0 saturated carbocycles. The zero-order valence-corrected chi connectivity index (χ0v) is 17.9. The Bertz CT molecular complexity index is 898. The predicted octanol–water partition coefficient (Wildman–Crippen LogP) is 2.94. The number of nitrogens with zero attached hydrogens (tertiary/aromatic N) is 1. The summed E-state index contributed by atoms with van der Waals surface area (Å²) < 4.78 is 19.7. The molecule has 1 unspecified atom stereocenters. The molecule has 0 aliphatic carbocycles. The van der Waals surface area contributed by atoms with Crippen LogP contribution in [-0.4, -0.2) is 54.9 Å². The normalized spacial score (nSPS) is 18.4. The minimum absolute atomic E-state index is 0.0451. The second-order valence-electron chi connectivity index (χ2n) is 8.69. The molecule has 0 radical (unpaired) electrons. The number of halogens is 1. The molecule has 2 aromatic rings. The number of amides is 1. The van der Waals surface area contributed by atoms with Gasteiger partial charge in [-0.15, -0.1) is 0 Å². The third-order valence-corrected chi connectivity index (χ3v) is 6.32. The van der Waals surface area contributed by atoms with Gasteiger partial charge in [0.05, 0.1) is 11.7 Å². The molecule has 0 aromatic heterocycles. The summed E-state index contributed by atoms with van der Waals surface area (Å²) >= 11 is 0. The number of hydrogen-bond donors (Lipinski definition) is 2. The Morgan fingerprint density at radius 3 is 2.77 bits per heavy atom. The fraction of sp³-hybridized carbons (Fsp3) is 0.480. The fourth-order valence-corrected chi connectivity index (χ4v) is 4.54. The van der Waals surface area contributed by atoms with Crippen molar-refractivity contribution in [1.29, 1.82) is 0 Å². The number of aliphatic hydroxyl groups excluding tert-OH is 1. The molecule has 1 amide bonds. The molecule has 1 saturated heterocycles. The van der Waals surface area contributed by atoms with Crippen molar-refractivity contribution in [3.05, 3.63) is 70.5 Å². The third kappa shape index (κ3) is 5.91. The number of benzene rings is 2. The van der Waals surface area contributed by atoms with Crippen LogP contribution in [0.15, 0.2) is 42.5 Å². The highest BCUT2D eigenvalue weighted by molar-refractivity contribution is 5.94. The number of carbonyl (C=O) groups excluding carboxylic acids is 1. The molecule has 0 bridgehead atoms. The van der Waals surface area contributed by atoms with Crippen LogP contribution in [0.4, 0.5) is 4.39 Å². The van der Waals surface area contributed by atoms with Gasteiger partial charge in [-0.2, -0.15) is 0 Å². The van der Waals surface area contributed by atoms with E-state index in [1.165, 1.54) is 17.2 Å². The highest BCUT2D eigenvalue weighted by atomic mass is 19.1. The summed E-state index contributed by atoms with van der Waals surface area (Å²) in [4.78, 5) is 14.8. The quantitative estimate of drug-likeness (QED) is 0.715. The van der Waals surface area contributed by atoms with Crippen LogP contribution < -0.4 is 5.32 Å². The summed E-state index contributed by atoms with van der Waals surface area (Å²) in [6.45, 7) is 3.77. The molecule has 2 N–H and O–H groups in total. The van der Waals surface area contributed by atoms with Crippen LogP contribution in [-0.2, 0) is 24.1 Å². The van der Waals surface area contributed by atoms with E-state index < -0.39 is 17.8 Å². The molecule has 5 nitrogen and oxygen atoms in total. The second-order valence-corrected chi connectivity index (χ2v) is 8.69. The Balaban J connectivity index is 1.28. The summed E-state index contributed by atoms with van der Waals surface area (Å²) in [5.74, 6) is -0.503. The number of rotatable bonds is 7. The summed E-state index contributed by atoms with van der Waals surface area (Å²) in [5.41, 5.74) is 3.65. The Labute approximate surface area is 183 Å². The maximum Gasteiger partial charge on any atom is 0.254 e. The van der Waals surface area contributed by atoms with E-state index in [0.29, 0.717) is 12.5 Å². The molecule has 166 valence electrons. The topological polar surface area (TPSA) is 61.8 Å². The maximum atomic E-state index is 14.3. The highest BCUT2D eigenvalue weighted by Crippen LogP contribution is 2.22. The van der Waals surface area contributed by atoms with Gasteiger partial charge in [0, 0.05) is 39.4 Å². The Morgan fingerprint density at radius 2 is 1.97 bits per heavy atom. The zero-order chi connectivity index (χ0) is 21.6. The first-order valence-corrected chi connectivity index (χ1v) is 11.2. The monoisotopic (exact) mass is 426 g/mol. The van der Waals surface area contributed by atoms with Gasteiger partial charge in [-0.05, 0) is 60.4 Å². The molecule has 2 aromatic carbocycles. The average Bonchev–Trinajstić information content (AvgIpc) is 2.79. The lowest BCUT2D eigenvalue weighted by molar-refractivity contribution is 0.0665. The van der Waals surface area contributed by atoms with Gasteiger partial charge < -0.3 is 15.2 Å². The molecule has 0 spiro atoms. The highest BCUT2D eigenvalue weighted by Gasteiger charge is 2.20. The lowest BCUT2D eigenvalue weighted by atomic mass is 9.91. The van der Waals surface area contributed by atoms with Crippen molar-refractivity contribution in [3.8, 4) is 0 Å². The minimum Gasteiger partial charge on any atom is -0.390 e. The Hall–Kier alpha value is -2.28. The lowest BCUT2D eigenvalue weighted by Crippen LogP contribution is -2.42. The van der Waals surface area contributed by atoms with E-state index in [1.807, 2.05) is 6.07 Å². The van der Waals surface area contributed by atoms with Crippen molar-refractivity contribution in [2.45, 2.75) is 38.3 Å². The number of nitrogens with one attached hydrogen (secondary N) is 1. The first-order valence-electron chi connectivity index (χ1n) is 11.2. The number of fused-ring (bicyclic) bond motifs is 1. The molecule has 2 aliphatic heterocycles. The van der Waals surface area contributed by atoms with Crippen LogP contribution in [0.25, 0.3) is 0 Å². The van der Waals surface area contributed by atoms with Gasteiger partial charge in [0.25, 0.3) is 5.91 Å². The van der Waals surface area contributed by atoms with Gasteiger partial charge >= 0.3 is 0 Å². The van der Waals surface area contributed by atoms with E-state index in [2.05, 4.69) is 28.4 Å². The minimum atomic E-state index is -0.706. The van der Waals surface area contributed by atoms with Gasteiger partial charge in [0.2, 0.25) is 0 Å². The van der Waals surface area contributed by atoms with Crippen molar-refractivity contribution in [3.63, 3.8) is 0 Å². The second kappa shape index (κ2) is 10.4. The average molecular weight is 427 g/mol. The molecule has 1 fully saturated rings. The van der Waals surface area contributed by atoms with Gasteiger partial charge in [-0.25, -0.2) is 4.39 Å². The smallest absolute Gasteiger partial charge is 0.254 e. The van der Waals surface area contributed by atoms with E-state index in [-0.39, 0.29) is 12.1 Å². The van der Waals surface area contributed by atoms with Crippen LogP contribution in [0.5, 0.6) is 0 Å². The van der Waals surface area contributed by atoms with E-state index in [9.17, 15) is 14.3 Å². The van der Waals surface area contributed by atoms with E-state index >= 15 is 0 Å². The SMILES string of the molecule is O=C(NCC(O)CN1CCc2ccccc2C1)c1cc(CC2CCOCC2)ccc1F. The Morgan fingerprint density at radius 1 is 1.19 bits per heavy atom. The van der Waals surface area contributed by atoms with Crippen LogP contribution in [0, 0.1) is 11.7 Å². The molecule has 31 heavy (non-hydrogen) atoms. The molecule has 4 rings (SSSR count). The van der Waals surface area contributed by atoms with Crippen LogP contribution in [0.2, 0.25) is 0 Å². The van der Waals surface area contributed by atoms with E-state index in [1.54, 1.807) is 12.1 Å². The van der Waals surface area contributed by atoms with Crippen molar-refractivity contribution in [1.82, 2.24) is 10.2 Å². The lowest BCUT2D eigenvalue weighted by Gasteiger charge is -2.30. The van der Waals surface area contributed by atoms with E-state index in [0.717, 1.165) is 57.6 Å². The molecule has 2 heterocycles. The first kappa shape index (κ1) is 21.9. The number of β-amino-alcohol motifs (C(OH)–C–C–N with tert-alkyl or cyclic N) is 1. The number of aliphatic hydroxyl groups is 1. The Kier molecular flexibility index (Phi) is 7.33. The molecular formula is C25H31FN2O3. The van der Waals surface area contributed by atoms with E-state index in [4.69, 9.17) is 4.74 Å². The fourth-order valence-electron chi connectivity index (χ4n) is 4.54. The maximum absolute atomic E-state index is 14.3. The number of hydrogen-bond acceptors (Lipinski definition) is 4. The first-order chi connectivity index (χ1) is 15.1. The summed E-state index contributed by atoms with van der Waals surface area (Å²) in [5, 5.41) is 13.1. The standard InChI is InChI=1S/C25H31FN2O3/c26-24-6-5-19(13-18-8-11-31-12-9-18)14-23(24)25(30)27-15-22(29)17-28-10-7-20-3-1-2-4-21(20)16-28/h1-6,14,18,22,29H,7-13,15-17H2,(H,27,30). The summed E-state index contributed by atoms with van der Waals surface area (Å²) in [6, 6.07) is 13.1. The van der Waals surface area contributed by atoms with Crippen molar-refractivity contribution < 1.29 is 19.0 Å². The van der Waals surface area contributed by atoms with Crippen molar-refractivity contribution in [2.75, 3.05) is 32.8 Å². The summed E-state index contributed by atoms with van der Waals surface area (Å²) in [6.07, 6.45) is 3.06. The van der Waals surface area contributed by atoms with Crippen LogP contribution >= 0.6 is 0 Å². The number of ether oxygens (including phenoxy) is 1. The van der Waals surface area contributed by atoms with Crippen LogP contribution in [0.1, 0.15) is 39.9 Å². The third-order valence-electron chi connectivity index (χ3n) is 6.32. The largest absolute Gasteiger partial charge is 0.390 e. The molecule has 1 atom stereocenters. The molecular weight excluding hydrogens is 395 g/mol. The predicted molar refractivity (Wildman–Crippen MR) is 117 cm³/mol. The molecule has 6 heteroatoms. The van der Waals surface area contributed by atoms with Crippen LogP contribution in [0.3, 0.4) is 0 Å². The van der Waals surface area contributed by atoms with Crippen molar-refractivity contribution in [2.24, 2.45) is 5.92 Å². The van der Waals surface area contributed by atoms with Crippen molar-refractivity contribution >= 4 is 5.91 Å². The number of carbonyl (C=O) groups is 1. The van der Waals surface area contributed by atoms with Gasteiger partial charge in [-0.1, -0.05) is 30.3 Å². The van der Waals surface area contributed by atoms with Gasteiger partial charge in [-0.3, -0.25) is 9.69 Å². The molecule has 2 aliphatic rings. The van der Waals surface area contributed by atoms with Gasteiger partial charge in [0.15, 0.2) is 0 Å². The zero-order valence-electron chi connectivity index (χ0n) is 17.9. The van der Waals surface area contributed by atoms with Gasteiger partial charge in [0.1, 0.15) is 5.82 Å². The summed E-state index contributed by atoms with van der Waals surface area (Å²) in [7, 11) is 0.